The van der Waals surface area contributed by atoms with Gasteiger partial charge in [0.05, 0.1) is 17.5 Å². The number of hydrogen-bond donors (Lipinski definition) is 1. The van der Waals surface area contributed by atoms with Crippen LogP contribution < -0.4 is 5.32 Å². The molecule has 0 heterocycles. The highest BCUT2D eigenvalue weighted by molar-refractivity contribution is 5.34. The number of aryl methyl sites for hydroxylation is 1. The lowest BCUT2D eigenvalue weighted by Crippen LogP contribution is -2.26. The molecule has 0 spiro atoms. The van der Waals surface area contributed by atoms with E-state index in [0.29, 0.717) is 0 Å². The molecule has 0 amide bonds. The van der Waals surface area contributed by atoms with Gasteiger partial charge in [0.25, 0.3) is 0 Å². The van der Waals surface area contributed by atoms with Gasteiger partial charge >= 0.3 is 0 Å². The lowest BCUT2D eigenvalue weighted by atomic mass is 9.89. The number of hydrogen-bond acceptors (Lipinski definition) is 2. The van der Waals surface area contributed by atoms with Crippen LogP contribution in [0.1, 0.15) is 30.0 Å². The van der Waals surface area contributed by atoms with Gasteiger partial charge in [0.1, 0.15) is 0 Å². The minimum absolute atomic E-state index is 0.152. The quantitative estimate of drug-likeness (QED) is 0.814. The molecule has 1 N–H and O–H groups in total. The highest BCUT2D eigenvalue weighted by Crippen LogP contribution is 2.54. The van der Waals surface area contributed by atoms with Gasteiger partial charge in [-0.05, 0) is 37.9 Å². The molecule has 0 radical (unpaired) electrons. The van der Waals surface area contributed by atoms with Gasteiger partial charge in [0.2, 0.25) is 0 Å². The molecule has 0 aromatic heterocycles. The van der Waals surface area contributed by atoms with Gasteiger partial charge in [-0.25, -0.2) is 0 Å². The lowest BCUT2D eigenvalue weighted by Gasteiger charge is -2.23. The van der Waals surface area contributed by atoms with Crippen LogP contribution in [-0.2, 0) is 0 Å². The zero-order valence-corrected chi connectivity index (χ0v) is 9.25. The molecule has 1 atom stereocenters. The van der Waals surface area contributed by atoms with Gasteiger partial charge in [0, 0.05) is 0 Å². The maximum atomic E-state index is 9.22. The number of rotatable bonds is 3. The van der Waals surface area contributed by atoms with Gasteiger partial charge in [0.15, 0.2) is 0 Å². The number of nitrogens with one attached hydrogen (secondary N) is 1. The van der Waals surface area contributed by atoms with E-state index in [1.807, 2.05) is 19.2 Å². The minimum Gasteiger partial charge on any atom is -0.312 e. The number of nitrogens with zero attached hydrogens (tertiary/aromatic N) is 1. The summed E-state index contributed by atoms with van der Waals surface area (Å²) in [6.45, 7) is 2.10. The van der Waals surface area contributed by atoms with Crippen LogP contribution in [0.3, 0.4) is 0 Å². The van der Waals surface area contributed by atoms with Crippen molar-refractivity contribution >= 4 is 0 Å². The lowest BCUT2D eigenvalue weighted by molar-refractivity contribution is 0.442. The normalized spacial score (nSPS) is 19.3. The molecule has 0 aliphatic heterocycles. The molecule has 1 unspecified atom stereocenters. The minimum atomic E-state index is -0.152. The van der Waals surface area contributed by atoms with E-state index in [0.717, 1.165) is 12.8 Å². The van der Waals surface area contributed by atoms with E-state index in [1.54, 1.807) is 0 Å². The largest absolute Gasteiger partial charge is 0.312 e. The molecule has 2 rings (SSSR count). The third-order valence-corrected chi connectivity index (χ3v) is 3.35. The first kappa shape index (κ1) is 10.2. The van der Waals surface area contributed by atoms with Gasteiger partial charge in [-0.3, -0.25) is 0 Å². The van der Waals surface area contributed by atoms with Gasteiger partial charge in [-0.1, -0.05) is 24.3 Å². The van der Waals surface area contributed by atoms with Crippen LogP contribution in [-0.4, -0.2) is 7.05 Å². The van der Waals surface area contributed by atoms with Crippen molar-refractivity contribution in [3.8, 4) is 6.07 Å². The van der Waals surface area contributed by atoms with Crippen molar-refractivity contribution in [3.05, 3.63) is 35.4 Å². The van der Waals surface area contributed by atoms with Crippen LogP contribution in [0.25, 0.3) is 0 Å². The maximum absolute atomic E-state index is 9.22. The maximum Gasteiger partial charge on any atom is 0.0769 e. The summed E-state index contributed by atoms with van der Waals surface area (Å²) in [5, 5.41) is 12.5. The molecule has 0 saturated heterocycles. The fourth-order valence-electron chi connectivity index (χ4n) is 2.24. The highest BCUT2D eigenvalue weighted by atomic mass is 14.9. The average Bonchev–Trinajstić information content (AvgIpc) is 3.03. The Morgan fingerprint density at radius 2 is 2.07 bits per heavy atom. The molecule has 1 saturated carbocycles. The first-order chi connectivity index (χ1) is 7.23. The van der Waals surface area contributed by atoms with Gasteiger partial charge < -0.3 is 5.32 Å². The molecule has 1 aliphatic carbocycles. The zero-order chi connectivity index (χ0) is 10.9. The molecule has 1 aromatic rings. The molecule has 78 valence electrons. The SMILES string of the molecule is CNC(c1ccccc1C)C1(C#N)CC1. The van der Waals surface area contributed by atoms with E-state index in [9.17, 15) is 5.26 Å². The van der Waals surface area contributed by atoms with E-state index in [4.69, 9.17) is 0 Å². The Hall–Kier alpha value is -1.33. The summed E-state index contributed by atoms with van der Waals surface area (Å²) in [7, 11) is 1.94. The van der Waals surface area contributed by atoms with Crippen molar-refractivity contribution < 1.29 is 0 Å². The second-order valence-corrected chi connectivity index (χ2v) is 4.35. The van der Waals surface area contributed by atoms with Crippen LogP contribution in [0, 0.1) is 23.7 Å². The Morgan fingerprint density at radius 3 is 2.53 bits per heavy atom. The molecule has 0 bridgehead atoms. The summed E-state index contributed by atoms with van der Waals surface area (Å²) in [5.41, 5.74) is 2.37. The first-order valence-electron chi connectivity index (χ1n) is 5.37. The summed E-state index contributed by atoms with van der Waals surface area (Å²) >= 11 is 0. The molecule has 2 nitrogen and oxygen atoms in total. The van der Waals surface area contributed by atoms with Crippen molar-refractivity contribution in [2.75, 3.05) is 7.05 Å². The van der Waals surface area contributed by atoms with E-state index in [2.05, 4.69) is 30.4 Å². The second kappa shape index (κ2) is 3.67. The summed E-state index contributed by atoms with van der Waals surface area (Å²) < 4.78 is 0. The first-order valence-corrected chi connectivity index (χ1v) is 5.37. The molecule has 2 heteroatoms. The predicted molar refractivity (Wildman–Crippen MR) is 60.3 cm³/mol. The van der Waals surface area contributed by atoms with Gasteiger partial charge in [-0.2, -0.15) is 5.26 Å². The predicted octanol–water partition coefficient (Wildman–Crippen LogP) is 2.56. The van der Waals surface area contributed by atoms with E-state index >= 15 is 0 Å². The summed E-state index contributed by atoms with van der Waals surface area (Å²) in [6, 6.07) is 11.0. The number of benzene rings is 1. The van der Waals surface area contributed by atoms with Crippen LogP contribution in [0.2, 0.25) is 0 Å². The van der Waals surface area contributed by atoms with Crippen LogP contribution >= 0.6 is 0 Å². The summed E-state index contributed by atoms with van der Waals surface area (Å²) in [4.78, 5) is 0. The van der Waals surface area contributed by atoms with Crippen LogP contribution in [0.4, 0.5) is 0 Å². The Labute approximate surface area is 90.9 Å². The Bertz CT molecular complexity index is 399. The third-order valence-electron chi connectivity index (χ3n) is 3.35. The molecular weight excluding hydrogens is 184 g/mol. The van der Waals surface area contributed by atoms with Gasteiger partial charge in [-0.15, -0.1) is 0 Å². The standard InChI is InChI=1S/C13H16N2/c1-10-5-3-4-6-11(10)12(15-2)13(9-14)7-8-13/h3-6,12,15H,7-8H2,1-2H3. The van der Waals surface area contributed by atoms with Crippen molar-refractivity contribution in [1.82, 2.24) is 5.32 Å². The van der Waals surface area contributed by atoms with E-state index in [-0.39, 0.29) is 11.5 Å². The number of nitriles is 1. The monoisotopic (exact) mass is 200 g/mol. The molecular formula is C13H16N2. The van der Waals surface area contributed by atoms with Crippen molar-refractivity contribution in [2.24, 2.45) is 5.41 Å². The van der Waals surface area contributed by atoms with Crippen molar-refractivity contribution in [1.29, 1.82) is 5.26 Å². The smallest absolute Gasteiger partial charge is 0.0769 e. The highest BCUT2D eigenvalue weighted by Gasteiger charge is 2.50. The zero-order valence-electron chi connectivity index (χ0n) is 9.25. The fourth-order valence-corrected chi connectivity index (χ4v) is 2.24. The average molecular weight is 200 g/mol. The summed E-state index contributed by atoms with van der Waals surface area (Å²) in [6.07, 6.45) is 2.03. The third kappa shape index (κ3) is 1.64. The Balaban J connectivity index is 2.37. The molecule has 1 fully saturated rings. The van der Waals surface area contributed by atoms with E-state index < -0.39 is 0 Å². The topological polar surface area (TPSA) is 35.8 Å². The fraction of sp³-hybridized carbons (Fsp3) is 0.462. The van der Waals surface area contributed by atoms with Crippen molar-refractivity contribution in [3.63, 3.8) is 0 Å². The molecule has 1 aromatic carbocycles. The van der Waals surface area contributed by atoms with Crippen molar-refractivity contribution in [2.45, 2.75) is 25.8 Å². The second-order valence-electron chi connectivity index (χ2n) is 4.35. The van der Waals surface area contributed by atoms with Crippen LogP contribution in [0.5, 0.6) is 0 Å². The Kier molecular flexibility index (Phi) is 2.50. The van der Waals surface area contributed by atoms with Crippen LogP contribution in [0.15, 0.2) is 24.3 Å². The summed E-state index contributed by atoms with van der Waals surface area (Å²) in [5.74, 6) is 0. The molecule has 15 heavy (non-hydrogen) atoms. The molecule has 1 aliphatic rings. The van der Waals surface area contributed by atoms with E-state index in [1.165, 1.54) is 11.1 Å². The Morgan fingerprint density at radius 1 is 1.40 bits per heavy atom.